The average molecular weight is 1800 g/mol. The number of carbonyl (C=O) groups is 14. The van der Waals surface area contributed by atoms with Gasteiger partial charge < -0.3 is 91.2 Å². The van der Waals surface area contributed by atoms with E-state index >= 15 is 23.6 Å². The summed E-state index contributed by atoms with van der Waals surface area (Å²) in [4.78, 5) is 225. The van der Waals surface area contributed by atoms with Crippen LogP contribution in [0.2, 0.25) is 5.02 Å². The van der Waals surface area contributed by atoms with E-state index in [2.05, 4.69) is 43.8 Å². The lowest BCUT2D eigenvalue weighted by Crippen LogP contribution is -2.63. The van der Waals surface area contributed by atoms with Crippen LogP contribution < -0.4 is 46.9 Å². The van der Waals surface area contributed by atoms with Crippen LogP contribution in [0, 0.1) is 47.2 Å². The van der Waals surface area contributed by atoms with Gasteiger partial charge in [-0.05, 0) is 131 Å². The van der Waals surface area contributed by atoms with Gasteiger partial charge in [-0.25, -0.2) is 9.37 Å². The summed E-state index contributed by atoms with van der Waals surface area (Å²) >= 11 is 7.06. The molecule has 0 saturated carbocycles. The highest BCUT2D eigenvalue weighted by atomic mass is 35.5. The first-order chi connectivity index (χ1) is 59.6. The summed E-state index contributed by atoms with van der Waals surface area (Å²) in [6.07, 6.45) is 3.51. The molecule has 3 aliphatic rings. The first kappa shape index (κ1) is 105. The minimum absolute atomic E-state index is 0.0249. The van der Waals surface area contributed by atoms with Crippen LogP contribution in [-0.2, 0) is 67.1 Å². The number of fused-ring (bicyclic) bond motifs is 5. The maximum atomic E-state index is 15.8. The first-order valence-electron chi connectivity index (χ1n) is 44.4. The number of carbonyl (C=O) groups excluding carboxylic acids is 14. The third kappa shape index (κ3) is 27.7. The van der Waals surface area contributed by atoms with E-state index in [1.54, 1.807) is 76.8 Å². The van der Waals surface area contributed by atoms with Crippen molar-refractivity contribution in [3.05, 3.63) is 59.4 Å². The fourth-order valence-corrected chi connectivity index (χ4v) is 16.5. The van der Waals surface area contributed by atoms with E-state index in [-0.39, 0.29) is 136 Å². The molecule has 8 N–H and O–H groups in total. The van der Waals surface area contributed by atoms with Crippen LogP contribution in [0.5, 0.6) is 5.75 Å². The molecule has 2 fully saturated rings. The van der Waals surface area contributed by atoms with Gasteiger partial charge in [-0.1, -0.05) is 127 Å². The van der Waals surface area contributed by atoms with Crippen LogP contribution in [0.3, 0.4) is 0 Å². The third-order valence-corrected chi connectivity index (χ3v) is 24.0. The quantitative estimate of drug-likeness (QED) is 0.0345. The van der Waals surface area contributed by atoms with Crippen LogP contribution in [0.25, 0.3) is 28.1 Å². The van der Waals surface area contributed by atoms with Crippen LogP contribution in [0.15, 0.2) is 43.0 Å². The summed E-state index contributed by atoms with van der Waals surface area (Å²) in [5.74, 6) is -11.6. The molecule has 3 aliphatic heterocycles. The number of piperazine rings is 1. The molecule has 36 heteroatoms. The predicted octanol–water partition coefficient (Wildman–Crippen LogP) is 5.85. The van der Waals surface area contributed by atoms with Gasteiger partial charge in [0.25, 0.3) is 0 Å². The fraction of sp³-hybridized carbons (Fsp3) is 0.648. The number of aliphatic hydroxyl groups excluding tert-OH is 1. The van der Waals surface area contributed by atoms with Gasteiger partial charge in [-0.15, -0.1) is 0 Å². The van der Waals surface area contributed by atoms with Crippen molar-refractivity contribution in [2.24, 2.45) is 41.4 Å². The molecule has 6 rings (SSSR count). The number of amides is 14. The number of likely N-dealkylation sites (N-methyl/N-ethyl adjacent to an activating group) is 7. The highest BCUT2D eigenvalue weighted by molar-refractivity contribution is 6.35. The zero-order valence-electron chi connectivity index (χ0n) is 78.6. The Kier molecular flexibility index (Phi) is 39.8. The molecule has 12 atom stereocenters. The van der Waals surface area contributed by atoms with Crippen LogP contribution >= 0.6 is 11.6 Å². The number of hydrogen-bond acceptors (Lipinski definition) is 20. The summed E-state index contributed by atoms with van der Waals surface area (Å²) < 4.78 is 21.7. The maximum absolute atomic E-state index is 15.8. The summed E-state index contributed by atoms with van der Waals surface area (Å²) in [5.41, 5.74) is 1.50. The van der Waals surface area contributed by atoms with E-state index in [1.807, 2.05) is 60.3 Å². The zero-order valence-corrected chi connectivity index (χ0v) is 79.4. The minimum atomic E-state index is -1.80. The summed E-state index contributed by atoms with van der Waals surface area (Å²) in [6.45, 7) is 32.4. The van der Waals surface area contributed by atoms with Gasteiger partial charge in [0, 0.05) is 125 Å². The number of anilines is 2. The van der Waals surface area contributed by atoms with Crippen molar-refractivity contribution in [2.75, 3.05) is 119 Å². The fourth-order valence-electron chi connectivity index (χ4n) is 16.2. The average Bonchev–Trinajstić information content (AvgIpc) is 0.738. The zero-order chi connectivity index (χ0) is 95.2. The Hall–Kier alpha value is -10.6. The van der Waals surface area contributed by atoms with Crippen molar-refractivity contribution >= 4 is 123 Å². The normalized spacial score (nSPS) is 23.0. The lowest BCUT2D eigenvalue weighted by Gasteiger charge is -2.41. The standard InChI is InChI=1S/C91H140ClFN18O16/c1-25-63-86(122)103(18)49-72(115)104(19)64(44-50(3)4)83(119)100-75(54(11)12)89(125)105(20)65(45-51(5)6)82(118)97-57(16)81(117)98-58(17)85(121)106(21)66(46-52(7)8)87(123)107(22)67(47-53(9)10)88(124)108(23)77(55(13)14)90(126)109(24)78(84(120)99-63)79(116)56(15)30-27-34-69(112)94-37-38-95-70(113)35-36-96-91-101-76-59-31-29-43-127-68-33-28-32-62(93)74(68)73(59)61(92)48-60(76)80(102-91)111-41-39-110(40-42-111)71(114)26-2/h26,28-29,31-33,48,50-58,63-67,75,77-79,116H,2,25,27,30,34-47,49H2,1,3-24H3,(H,94,112)(H,95,113)(H,97,118)(H,98,117)(H,99,120)(H,100,119)(H,96,101,102)/b31-29+/t56-,57+,58-,63+,64+,65+,66+,67+,75+,77+,78+,79-/m1/s1. The highest BCUT2D eigenvalue weighted by Crippen LogP contribution is 2.45. The largest absolute Gasteiger partial charge is 0.489 e. The monoisotopic (exact) mass is 1800 g/mol. The Morgan fingerprint density at radius 2 is 1.13 bits per heavy atom. The van der Waals surface area contributed by atoms with Crippen molar-refractivity contribution in [3.8, 4) is 16.9 Å². The van der Waals surface area contributed by atoms with Gasteiger partial charge in [-0.2, -0.15) is 4.98 Å². The van der Waals surface area contributed by atoms with E-state index < -0.39 is 168 Å². The highest BCUT2D eigenvalue weighted by Gasteiger charge is 2.47. The number of halogens is 2. The molecule has 0 bridgehead atoms. The molecule has 1 aromatic heterocycles. The summed E-state index contributed by atoms with van der Waals surface area (Å²) in [6, 6.07) is -7.00. The Labute approximate surface area is 753 Å². The number of nitrogens with zero attached hydrogens (tertiary/aromatic N) is 11. The lowest BCUT2D eigenvalue weighted by atomic mass is 9.90. The van der Waals surface area contributed by atoms with Crippen molar-refractivity contribution in [2.45, 2.75) is 235 Å². The first-order valence-corrected chi connectivity index (χ1v) is 44.8. The maximum Gasteiger partial charge on any atom is 0.246 e. The van der Waals surface area contributed by atoms with Gasteiger partial charge in [0.05, 0.1) is 28.8 Å². The molecule has 34 nitrogen and oxygen atoms in total. The number of aromatic nitrogens is 2. The molecule has 0 radical (unpaired) electrons. The van der Waals surface area contributed by atoms with Crippen molar-refractivity contribution in [3.63, 3.8) is 0 Å². The van der Waals surface area contributed by atoms with Gasteiger partial charge in [0.1, 0.15) is 84.4 Å². The summed E-state index contributed by atoms with van der Waals surface area (Å²) in [5, 5.41) is 33.2. The molecule has 2 aromatic carbocycles. The van der Waals surface area contributed by atoms with Gasteiger partial charge in [-0.3, -0.25) is 67.1 Å². The number of hydrogen-bond donors (Lipinski definition) is 8. The van der Waals surface area contributed by atoms with Crippen molar-refractivity contribution in [1.82, 2.24) is 81.1 Å². The minimum Gasteiger partial charge on any atom is -0.489 e. The Balaban J connectivity index is 1.26. The molecule has 704 valence electrons. The van der Waals surface area contributed by atoms with E-state index in [4.69, 9.17) is 26.3 Å². The lowest BCUT2D eigenvalue weighted by molar-refractivity contribution is -0.157. The van der Waals surface area contributed by atoms with Gasteiger partial charge in [0.2, 0.25) is 88.6 Å². The number of benzene rings is 2. The molecule has 0 unspecified atom stereocenters. The molecule has 4 heterocycles. The number of rotatable bonds is 26. The number of aliphatic hydroxyl groups is 1. The number of nitrogens with one attached hydrogen (secondary N) is 7. The Morgan fingerprint density at radius 1 is 0.598 bits per heavy atom. The van der Waals surface area contributed by atoms with E-state index in [1.165, 1.54) is 99.8 Å². The van der Waals surface area contributed by atoms with Gasteiger partial charge >= 0.3 is 0 Å². The third-order valence-electron chi connectivity index (χ3n) is 23.7. The molecule has 0 aliphatic carbocycles. The molecule has 3 aromatic rings. The second kappa shape index (κ2) is 48.0. The van der Waals surface area contributed by atoms with Crippen LogP contribution in [0.4, 0.5) is 16.2 Å². The second-order valence-corrected chi connectivity index (χ2v) is 36.7. The topological polar surface area (TPSA) is 408 Å². The molecular weight excluding hydrogens is 1660 g/mol. The molecular formula is C91H140ClFN18O16. The van der Waals surface area contributed by atoms with Gasteiger partial charge in [0.15, 0.2) is 0 Å². The molecule has 2 saturated heterocycles. The summed E-state index contributed by atoms with van der Waals surface area (Å²) in [7, 11) is 9.66. The second-order valence-electron chi connectivity index (χ2n) is 36.3. The van der Waals surface area contributed by atoms with Crippen LogP contribution in [0.1, 0.15) is 174 Å². The van der Waals surface area contributed by atoms with Crippen molar-refractivity contribution < 1.29 is 81.4 Å². The van der Waals surface area contributed by atoms with Crippen molar-refractivity contribution in [1.29, 1.82) is 0 Å². The Morgan fingerprint density at radius 3 is 1.69 bits per heavy atom. The predicted molar refractivity (Wildman–Crippen MR) is 485 cm³/mol. The van der Waals surface area contributed by atoms with E-state index in [0.29, 0.717) is 59.8 Å². The van der Waals surface area contributed by atoms with E-state index in [9.17, 15) is 53.1 Å². The smallest absolute Gasteiger partial charge is 0.246 e. The molecule has 14 amide bonds. The molecule has 0 spiro atoms. The number of ether oxygens (including phenoxy) is 1. The Bertz CT molecular complexity index is 4460. The van der Waals surface area contributed by atoms with Crippen LogP contribution in [-0.4, -0.2) is 312 Å². The van der Waals surface area contributed by atoms with E-state index in [0.717, 1.165) is 9.80 Å². The molecule has 127 heavy (non-hydrogen) atoms. The SMILES string of the molecule is C=CC(=O)N1CCN(c2nc(NCCC(=O)NCCNC(=O)CCC[C@@H](C)[C@@H](O)[C@H]3C(=O)N[C@@H](CC)C(=O)N(C)CC(=O)N(C)[C@@H](CC(C)C)C(=O)N[C@@H](C(C)C)C(=O)N(C)[C@@H](CC(C)C)C(=O)N[C@@H](C)C(=O)N[C@H](C)C(=O)N(C)[C@@H](CC(C)C)C(=O)N(C)[C@@H](CC(C)C)C(=O)N(C)[C@@H](C(C)C)C(=O)N3C)nc3c4c(c(Cl)cc23)-c2c(F)cccc2OC/C=C/4)CC1.